The summed E-state index contributed by atoms with van der Waals surface area (Å²) in [6.45, 7) is 7.32. The number of rotatable bonds is 4. The Morgan fingerprint density at radius 2 is 1.55 bits per heavy atom. The van der Waals surface area contributed by atoms with Crippen molar-refractivity contribution in [3.63, 3.8) is 0 Å². The molecule has 1 aromatic carbocycles. The van der Waals surface area contributed by atoms with Gasteiger partial charge < -0.3 is 14.0 Å². The van der Waals surface area contributed by atoms with E-state index in [2.05, 4.69) is 0 Å². The number of ether oxygens (including phenoxy) is 1. The molecule has 1 aliphatic heterocycles. The maximum atomic E-state index is 12.1. The Morgan fingerprint density at radius 1 is 1.05 bits per heavy atom. The van der Waals surface area contributed by atoms with E-state index in [1.165, 1.54) is 0 Å². The van der Waals surface area contributed by atoms with Gasteiger partial charge in [0.05, 0.1) is 11.2 Å². The highest BCUT2D eigenvalue weighted by molar-refractivity contribution is 6.62. The van der Waals surface area contributed by atoms with Crippen molar-refractivity contribution in [2.75, 3.05) is 6.61 Å². The molecule has 0 bridgehead atoms. The highest BCUT2D eigenvalue weighted by Gasteiger charge is 2.51. The van der Waals surface area contributed by atoms with Crippen LogP contribution in [-0.4, -0.2) is 31.4 Å². The van der Waals surface area contributed by atoms with Gasteiger partial charge in [-0.1, -0.05) is 12.1 Å². The molecule has 110 valence electrons. The second kappa shape index (κ2) is 5.33. The molecule has 1 fully saturated rings. The summed E-state index contributed by atoms with van der Waals surface area (Å²) in [5.41, 5.74) is 0.0402. The summed E-state index contributed by atoms with van der Waals surface area (Å²) in [6, 6.07) is 6.82. The smallest absolute Gasteiger partial charge is 0.488 e. The van der Waals surface area contributed by atoms with Gasteiger partial charge in [-0.3, -0.25) is 0 Å². The Balaban J connectivity index is 2.05. The lowest BCUT2D eigenvalue weighted by Crippen LogP contribution is -2.41. The number of alkyl halides is 2. The zero-order valence-electron chi connectivity index (χ0n) is 12.2. The molecule has 1 heterocycles. The summed E-state index contributed by atoms with van der Waals surface area (Å²) in [5, 5.41) is 0. The maximum absolute atomic E-state index is 12.1. The largest absolute Gasteiger partial charge is 0.494 e. The van der Waals surface area contributed by atoms with Crippen molar-refractivity contribution in [3.8, 4) is 5.75 Å². The molecule has 20 heavy (non-hydrogen) atoms. The highest BCUT2D eigenvalue weighted by Crippen LogP contribution is 2.36. The summed E-state index contributed by atoms with van der Waals surface area (Å²) in [6.07, 6.45) is -2.47. The minimum absolute atomic E-state index is 0.400. The van der Waals surface area contributed by atoms with Gasteiger partial charge in [-0.25, -0.2) is 8.78 Å². The number of hydrogen-bond acceptors (Lipinski definition) is 3. The Bertz CT molecular complexity index is 444. The van der Waals surface area contributed by atoms with E-state index in [-0.39, 0.29) is 0 Å². The molecule has 3 nitrogen and oxygen atoms in total. The molecule has 1 aliphatic rings. The minimum atomic E-state index is -2.47. The zero-order valence-corrected chi connectivity index (χ0v) is 12.2. The van der Waals surface area contributed by atoms with Crippen molar-refractivity contribution in [3.05, 3.63) is 24.3 Å². The molecule has 0 atom stereocenters. The highest BCUT2D eigenvalue weighted by atomic mass is 19.3. The van der Waals surface area contributed by atoms with Crippen molar-refractivity contribution in [1.82, 2.24) is 0 Å². The van der Waals surface area contributed by atoms with Gasteiger partial charge in [0.15, 0.2) is 0 Å². The van der Waals surface area contributed by atoms with Crippen LogP contribution in [0.5, 0.6) is 5.75 Å². The van der Waals surface area contributed by atoms with Gasteiger partial charge in [0.1, 0.15) is 12.4 Å². The summed E-state index contributed by atoms with van der Waals surface area (Å²) in [7, 11) is -0.454. The molecular formula is C14H19BF2O3. The SMILES string of the molecule is CC1(C)OB(c2ccc(OCC(F)F)cc2)OC1(C)C. The first-order valence-corrected chi connectivity index (χ1v) is 6.58. The molecule has 1 aromatic rings. The minimum Gasteiger partial charge on any atom is -0.488 e. The van der Waals surface area contributed by atoms with Gasteiger partial charge in [0.2, 0.25) is 0 Å². The van der Waals surface area contributed by atoms with Crippen LogP contribution in [0.2, 0.25) is 0 Å². The quantitative estimate of drug-likeness (QED) is 0.795. The van der Waals surface area contributed by atoms with Crippen LogP contribution >= 0.6 is 0 Å². The lowest BCUT2D eigenvalue weighted by Gasteiger charge is -2.32. The van der Waals surface area contributed by atoms with Crippen LogP contribution in [0, 0.1) is 0 Å². The molecule has 0 radical (unpaired) electrons. The van der Waals surface area contributed by atoms with Crippen molar-refractivity contribution in [1.29, 1.82) is 0 Å². The molecular weight excluding hydrogens is 265 g/mol. The zero-order chi connectivity index (χ0) is 15.0. The molecule has 6 heteroatoms. The Labute approximate surface area is 118 Å². The number of benzene rings is 1. The molecule has 0 unspecified atom stereocenters. The van der Waals surface area contributed by atoms with Crippen LogP contribution in [0.1, 0.15) is 27.7 Å². The van der Waals surface area contributed by atoms with E-state index in [1.54, 1.807) is 24.3 Å². The second-order valence-corrected chi connectivity index (χ2v) is 5.86. The predicted molar refractivity (Wildman–Crippen MR) is 73.7 cm³/mol. The van der Waals surface area contributed by atoms with E-state index < -0.39 is 31.4 Å². The fourth-order valence-electron chi connectivity index (χ4n) is 1.86. The standard InChI is InChI=1S/C14H19BF2O3/c1-13(2)14(3,4)20-15(19-13)10-5-7-11(8-6-10)18-9-12(16)17/h5-8,12H,9H2,1-4H3. The van der Waals surface area contributed by atoms with E-state index in [0.717, 1.165) is 5.46 Å². The molecule has 2 rings (SSSR count). The van der Waals surface area contributed by atoms with E-state index >= 15 is 0 Å². The van der Waals surface area contributed by atoms with Crippen LogP contribution in [0.15, 0.2) is 24.3 Å². The summed E-state index contributed by atoms with van der Waals surface area (Å²) >= 11 is 0. The maximum Gasteiger partial charge on any atom is 0.494 e. The van der Waals surface area contributed by atoms with Crippen molar-refractivity contribution < 1.29 is 22.8 Å². The van der Waals surface area contributed by atoms with Crippen molar-refractivity contribution >= 4 is 12.6 Å². The fourth-order valence-corrected chi connectivity index (χ4v) is 1.86. The molecule has 0 N–H and O–H groups in total. The first-order valence-electron chi connectivity index (χ1n) is 6.58. The fraction of sp³-hybridized carbons (Fsp3) is 0.571. The van der Waals surface area contributed by atoms with Crippen LogP contribution in [0.4, 0.5) is 8.78 Å². The molecule has 0 saturated carbocycles. The van der Waals surface area contributed by atoms with Gasteiger partial charge in [-0.15, -0.1) is 0 Å². The van der Waals surface area contributed by atoms with E-state index in [1.807, 2.05) is 27.7 Å². The lowest BCUT2D eigenvalue weighted by atomic mass is 9.79. The summed E-state index contributed by atoms with van der Waals surface area (Å²) in [5.74, 6) is 0.408. The lowest BCUT2D eigenvalue weighted by molar-refractivity contribution is 0.00578. The molecule has 0 spiro atoms. The Kier molecular flexibility index (Phi) is 4.07. The Morgan fingerprint density at radius 3 is 2.00 bits per heavy atom. The monoisotopic (exact) mass is 284 g/mol. The molecule has 0 amide bonds. The Hall–Kier alpha value is -1.14. The first kappa shape index (κ1) is 15.3. The average Bonchev–Trinajstić information content (AvgIpc) is 2.56. The third-order valence-corrected chi connectivity index (χ3v) is 3.78. The first-order chi connectivity index (χ1) is 9.21. The van der Waals surface area contributed by atoms with E-state index in [4.69, 9.17) is 14.0 Å². The van der Waals surface area contributed by atoms with Gasteiger partial charge in [0.25, 0.3) is 6.43 Å². The summed E-state index contributed by atoms with van der Waals surface area (Å²) < 4.78 is 40.8. The third-order valence-electron chi connectivity index (χ3n) is 3.78. The second-order valence-electron chi connectivity index (χ2n) is 5.86. The molecule has 0 aromatic heterocycles. The molecule has 0 aliphatic carbocycles. The van der Waals surface area contributed by atoms with Gasteiger partial charge in [-0.2, -0.15) is 0 Å². The van der Waals surface area contributed by atoms with Crippen molar-refractivity contribution in [2.24, 2.45) is 0 Å². The van der Waals surface area contributed by atoms with Gasteiger partial charge in [0, 0.05) is 0 Å². The van der Waals surface area contributed by atoms with Crippen LogP contribution < -0.4 is 10.2 Å². The van der Waals surface area contributed by atoms with E-state index in [9.17, 15) is 8.78 Å². The predicted octanol–water partition coefficient (Wildman–Crippen LogP) is 2.63. The number of halogens is 2. The van der Waals surface area contributed by atoms with Crippen LogP contribution in [0.25, 0.3) is 0 Å². The molecule has 1 saturated heterocycles. The van der Waals surface area contributed by atoms with Gasteiger partial charge in [-0.05, 0) is 45.3 Å². The van der Waals surface area contributed by atoms with Crippen LogP contribution in [-0.2, 0) is 9.31 Å². The average molecular weight is 284 g/mol. The van der Waals surface area contributed by atoms with Gasteiger partial charge >= 0.3 is 7.12 Å². The topological polar surface area (TPSA) is 27.7 Å². The van der Waals surface area contributed by atoms with E-state index in [0.29, 0.717) is 5.75 Å². The third kappa shape index (κ3) is 3.12. The number of hydrogen-bond donors (Lipinski definition) is 0. The van der Waals surface area contributed by atoms with Crippen LogP contribution in [0.3, 0.4) is 0 Å². The van der Waals surface area contributed by atoms with Crippen molar-refractivity contribution in [2.45, 2.75) is 45.3 Å². The summed E-state index contributed by atoms with van der Waals surface area (Å²) in [4.78, 5) is 0. The normalized spacial score (nSPS) is 20.4.